The summed E-state index contributed by atoms with van der Waals surface area (Å²) < 4.78 is 14.6. The van der Waals surface area contributed by atoms with Gasteiger partial charge in [0, 0.05) is 38.1 Å². The van der Waals surface area contributed by atoms with E-state index in [1.165, 1.54) is 39.3 Å². The molecule has 0 bridgehead atoms. The van der Waals surface area contributed by atoms with Crippen molar-refractivity contribution in [2.75, 3.05) is 20.6 Å². The zero-order valence-electron chi connectivity index (χ0n) is 17.3. The highest BCUT2D eigenvalue weighted by molar-refractivity contribution is 7.08. The highest BCUT2D eigenvalue weighted by Crippen LogP contribution is 2.31. The number of aromatic hydroxyl groups is 1. The summed E-state index contributed by atoms with van der Waals surface area (Å²) in [5.74, 6) is -2.29. The van der Waals surface area contributed by atoms with Gasteiger partial charge in [0.25, 0.3) is 17.4 Å². The Balaban J connectivity index is 1.84. The maximum absolute atomic E-state index is 13.5. The van der Waals surface area contributed by atoms with Crippen LogP contribution in [0.15, 0.2) is 39.8 Å². The van der Waals surface area contributed by atoms with Crippen LogP contribution in [-0.2, 0) is 13.0 Å². The molecule has 1 aliphatic rings. The van der Waals surface area contributed by atoms with Crippen LogP contribution in [0.3, 0.4) is 0 Å². The molecule has 0 saturated heterocycles. The van der Waals surface area contributed by atoms with Gasteiger partial charge < -0.3 is 14.9 Å². The first kappa shape index (κ1) is 22.0. The molecule has 0 atom stereocenters. The van der Waals surface area contributed by atoms with Crippen LogP contribution in [0.1, 0.15) is 32.0 Å². The minimum atomic E-state index is -0.840. The molecule has 0 unspecified atom stereocenters. The molecule has 2 aromatic heterocycles. The molecule has 1 aromatic carbocycles. The number of aromatic nitrogens is 1. The minimum absolute atomic E-state index is 0.0593. The Hall–Kier alpha value is -3.17. The first-order valence-electron chi connectivity index (χ1n) is 9.69. The Bertz CT molecular complexity index is 1290. The van der Waals surface area contributed by atoms with E-state index in [0.29, 0.717) is 16.8 Å². The average molecular weight is 476 g/mol. The summed E-state index contributed by atoms with van der Waals surface area (Å²) in [4.78, 5) is 42.2. The summed E-state index contributed by atoms with van der Waals surface area (Å²) in [6.07, 6.45) is 0.253. The van der Waals surface area contributed by atoms with E-state index in [0.717, 1.165) is 4.57 Å². The molecule has 10 heteroatoms. The molecular formula is C22H19ClFN3O4S. The molecule has 0 radical (unpaired) electrons. The fourth-order valence-corrected chi connectivity index (χ4v) is 4.59. The van der Waals surface area contributed by atoms with Gasteiger partial charge in [-0.25, -0.2) is 4.39 Å². The number of halogens is 2. The minimum Gasteiger partial charge on any atom is -0.502 e. The Morgan fingerprint density at radius 3 is 2.66 bits per heavy atom. The van der Waals surface area contributed by atoms with Gasteiger partial charge in [-0.3, -0.25) is 19.0 Å². The summed E-state index contributed by atoms with van der Waals surface area (Å²) in [5.41, 5.74) is 0.413. The summed E-state index contributed by atoms with van der Waals surface area (Å²) in [5, 5.41) is 14.1. The van der Waals surface area contributed by atoms with Crippen molar-refractivity contribution < 1.29 is 19.1 Å². The topological polar surface area (TPSA) is 82.9 Å². The van der Waals surface area contributed by atoms with Gasteiger partial charge in [0.05, 0.1) is 16.3 Å². The van der Waals surface area contributed by atoms with Crippen molar-refractivity contribution in [1.29, 1.82) is 0 Å². The number of carbonyl (C=O) groups is 2. The Morgan fingerprint density at radius 1 is 1.28 bits per heavy atom. The van der Waals surface area contributed by atoms with Crippen molar-refractivity contribution in [3.8, 4) is 11.4 Å². The molecule has 0 saturated carbocycles. The lowest BCUT2D eigenvalue weighted by Gasteiger charge is -2.31. The lowest BCUT2D eigenvalue weighted by Crippen LogP contribution is -2.42. The van der Waals surface area contributed by atoms with Gasteiger partial charge in [-0.1, -0.05) is 17.7 Å². The third-order valence-electron chi connectivity index (χ3n) is 5.32. The van der Waals surface area contributed by atoms with Crippen molar-refractivity contribution >= 4 is 34.8 Å². The number of pyridine rings is 1. The van der Waals surface area contributed by atoms with Gasteiger partial charge >= 0.3 is 0 Å². The van der Waals surface area contributed by atoms with Crippen LogP contribution in [-0.4, -0.2) is 51.9 Å². The number of amides is 2. The van der Waals surface area contributed by atoms with Crippen molar-refractivity contribution in [1.82, 2.24) is 14.4 Å². The predicted molar refractivity (Wildman–Crippen MR) is 119 cm³/mol. The number of carbonyl (C=O) groups excluding carboxylic acids is 2. The van der Waals surface area contributed by atoms with E-state index < -0.39 is 28.9 Å². The standard InChI is InChI=1S/C22H19ClFN3O4S/c1-25(2)21(30)18-14-5-7-26(10-12-3-4-16(24)15(23)9-12)20(29)17(14)19(28)22(31)27(18)13-6-8-32-11-13/h3-4,6,8-9,11,28H,5,7,10H2,1-2H3. The molecule has 1 N–H and O–H groups in total. The number of benzene rings is 1. The molecule has 3 aromatic rings. The third kappa shape index (κ3) is 3.67. The van der Waals surface area contributed by atoms with Gasteiger partial charge in [-0.05, 0) is 35.6 Å². The first-order valence-corrected chi connectivity index (χ1v) is 11.0. The summed E-state index contributed by atoms with van der Waals surface area (Å²) in [7, 11) is 3.11. The number of hydrogen-bond donors (Lipinski definition) is 1. The lowest BCUT2D eigenvalue weighted by molar-refractivity contribution is 0.0720. The second-order valence-corrected chi connectivity index (χ2v) is 8.78. The molecular weight excluding hydrogens is 457 g/mol. The fraction of sp³-hybridized carbons (Fsp3) is 0.227. The molecule has 2 amide bonds. The number of thiophene rings is 1. The molecule has 7 nitrogen and oxygen atoms in total. The van der Waals surface area contributed by atoms with Crippen LogP contribution in [0.2, 0.25) is 5.02 Å². The summed E-state index contributed by atoms with van der Waals surface area (Å²) >= 11 is 7.18. The molecule has 32 heavy (non-hydrogen) atoms. The summed E-state index contributed by atoms with van der Waals surface area (Å²) in [6, 6.07) is 5.82. The first-order chi connectivity index (χ1) is 15.2. The number of nitrogens with zero attached hydrogens (tertiary/aromatic N) is 3. The van der Waals surface area contributed by atoms with Crippen LogP contribution < -0.4 is 5.56 Å². The molecule has 1 aliphatic heterocycles. The van der Waals surface area contributed by atoms with Gasteiger partial charge in [0.2, 0.25) is 0 Å². The summed E-state index contributed by atoms with van der Waals surface area (Å²) in [6.45, 7) is 0.359. The van der Waals surface area contributed by atoms with Gasteiger partial charge in [-0.15, -0.1) is 0 Å². The van der Waals surface area contributed by atoms with E-state index in [9.17, 15) is 23.9 Å². The molecule has 0 aliphatic carbocycles. The maximum Gasteiger partial charge on any atom is 0.298 e. The largest absolute Gasteiger partial charge is 0.502 e. The SMILES string of the molecule is CN(C)C(=O)c1c2c(c(O)c(=O)n1-c1ccsc1)C(=O)N(Cc1ccc(F)c(Cl)c1)CC2. The second-order valence-electron chi connectivity index (χ2n) is 7.60. The fourth-order valence-electron chi connectivity index (χ4n) is 3.77. The second kappa shape index (κ2) is 8.40. The van der Waals surface area contributed by atoms with E-state index in [4.69, 9.17) is 11.6 Å². The van der Waals surface area contributed by atoms with Crippen molar-refractivity contribution in [3.05, 3.63) is 78.6 Å². The van der Waals surface area contributed by atoms with Crippen LogP contribution in [0, 0.1) is 5.82 Å². The van der Waals surface area contributed by atoms with Crippen molar-refractivity contribution in [3.63, 3.8) is 0 Å². The Morgan fingerprint density at radius 2 is 2.03 bits per heavy atom. The smallest absolute Gasteiger partial charge is 0.298 e. The lowest BCUT2D eigenvalue weighted by atomic mass is 9.95. The molecule has 0 fully saturated rings. The van der Waals surface area contributed by atoms with E-state index in [2.05, 4.69) is 0 Å². The van der Waals surface area contributed by atoms with Gasteiger partial charge in [-0.2, -0.15) is 11.3 Å². The quantitative estimate of drug-likeness (QED) is 0.627. The highest BCUT2D eigenvalue weighted by atomic mass is 35.5. The van der Waals surface area contributed by atoms with Gasteiger partial charge in [0.15, 0.2) is 5.75 Å². The van der Waals surface area contributed by atoms with E-state index in [-0.39, 0.29) is 35.8 Å². The maximum atomic E-state index is 13.5. The number of fused-ring (bicyclic) bond motifs is 1. The van der Waals surface area contributed by atoms with Crippen LogP contribution in [0.25, 0.3) is 5.69 Å². The number of rotatable bonds is 4. The molecule has 0 spiro atoms. The molecule has 4 rings (SSSR count). The van der Waals surface area contributed by atoms with E-state index in [1.54, 1.807) is 30.9 Å². The van der Waals surface area contributed by atoms with Crippen molar-refractivity contribution in [2.24, 2.45) is 0 Å². The predicted octanol–water partition coefficient (Wildman–Crippen LogP) is 3.30. The molecule has 166 valence electrons. The van der Waals surface area contributed by atoms with Gasteiger partial charge in [0.1, 0.15) is 11.5 Å². The number of hydrogen-bond acceptors (Lipinski definition) is 5. The Labute approximate surface area is 191 Å². The zero-order chi connectivity index (χ0) is 23.2. The third-order valence-corrected chi connectivity index (χ3v) is 6.28. The monoisotopic (exact) mass is 475 g/mol. The highest BCUT2D eigenvalue weighted by Gasteiger charge is 2.35. The zero-order valence-corrected chi connectivity index (χ0v) is 18.8. The van der Waals surface area contributed by atoms with Crippen LogP contribution in [0.5, 0.6) is 5.75 Å². The normalized spacial score (nSPS) is 13.2. The van der Waals surface area contributed by atoms with E-state index >= 15 is 0 Å². The van der Waals surface area contributed by atoms with E-state index in [1.807, 2.05) is 0 Å². The Kier molecular flexibility index (Phi) is 5.79. The molecule has 3 heterocycles. The van der Waals surface area contributed by atoms with Crippen molar-refractivity contribution in [2.45, 2.75) is 13.0 Å². The van der Waals surface area contributed by atoms with Crippen LogP contribution in [0.4, 0.5) is 4.39 Å². The average Bonchev–Trinajstić information content (AvgIpc) is 3.28. The van der Waals surface area contributed by atoms with Crippen LogP contribution >= 0.6 is 22.9 Å².